The number of rotatable bonds is 8. The smallest absolute Gasteiger partial charge is 0.270 e. The molecule has 0 radical (unpaired) electrons. The molecule has 0 atom stereocenters. The Balaban J connectivity index is 1.33. The molecule has 1 aliphatic heterocycles. The fraction of sp³-hybridized carbons (Fsp3) is 0.0833. The Morgan fingerprint density at radius 2 is 1.26 bits per heavy atom. The number of thiocarbonyl (C=S) groups is 1. The van der Waals surface area contributed by atoms with Gasteiger partial charge >= 0.3 is 0 Å². The molecule has 1 aliphatic rings. The molecular weight excluding hydrogens is 556 g/mol. The number of hydrogen-bond donors (Lipinski definition) is 0. The molecule has 0 bridgehead atoms. The van der Waals surface area contributed by atoms with E-state index in [1.54, 1.807) is 48.5 Å². The molecule has 1 saturated heterocycles. The zero-order valence-corrected chi connectivity index (χ0v) is 24.3. The molecule has 6 nitrogen and oxygen atoms in total. The van der Waals surface area contributed by atoms with E-state index in [2.05, 4.69) is 24.3 Å². The van der Waals surface area contributed by atoms with Gasteiger partial charge in [0.25, 0.3) is 11.8 Å². The van der Waals surface area contributed by atoms with E-state index < -0.39 is 11.8 Å². The van der Waals surface area contributed by atoms with Crippen molar-refractivity contribution in [2.75, 3.05) is 16.4 Å². The first-order valence-electron chi connectivity index (χ1n) is 14.0. The minimum absolute atomic E-state index is 0.0198. The van der Waals surface area contributed by atoms with E-state index in [4.69, 9.17) is 21.7 Å². The second-order valence-electron chi connectivity index (χ2n) is 9.90. The van der Waals surface area contributed by atoms with Gasteiger partial charge in [-0.15, -0.1) is 0 Å². The number of nitrogens with zero attached hydrogens (tertiary/aromatic N) is 2. The Bertz CT molecular complexity index is 1790. The topological polar surface area (TPSA) is 59.1 Å². The van der Waals surface area contributed by atoms with Crippen LogP contribution in [0.25, 0.3) is 16.8 Å². The van der Waals surface area contributed by atoms with Crippen molar-refractivity contribution < 1.29 is 19.1 Å². The average Bonchev–Trinajstić information content (AvgIpc) is 3.04. The Kier molecular flexibility index (Phi) is 7.98. The van der Waals surface area contributed by atoms with Crippen LogP contribution in [0.5, 0.6) is 11.5 Å². The van der Waals surface area contributed by atoms with Crippen LogP contribution in [0.3, 0.4) is 0 Å². The molecule has 6 rings (SSSR count). The summed E-state index contributed by atoms with van der Waals surface area (Å²) in [4.78, 5) is 30.4. The van der Waals surface area contributed by atoms with E-state index in [-0.39, 0.29) is 10.7 Å². The number of hydrogen-bond acceptors (Lipinski definition) is 5. The number of carbonyl (C=O) groups is 2. The third-order valence-electron chi connectivity index (χ3n) is 7.07. The molecule has 0 saturated carbocycles. The fourth-order valence-electron chi connectivity index (χ4n) is 5.00. The number of anilines is 2. The molecule has 1 heterocycles. The van der Waals surface area contributed by atoms with Crippen LogP contribution in [0.15, 0.2) is 127 Å². The Labute approximate surface area is 255 Å². The third-order valence-corrected chi connectivity index (χ3v) is 7.43. The predicted octanol–water partition coefficient (Wildman–Crippen LogP) is 7.57. The SMILES string of the molecule is CCOc1cc(C=C2C(=O)N(c3ccccc3)C(=S)N(c3ccccc3)C2=O)ccc1OCc1ccc2ccccc2c1. The second-order valence-corrected chi connectivity index (χ2v) is 10.3. The standard InChI is InChI=1S/C36H28N2O4S/c1-2-41-33-23-25(18-20-32(33)42-24-26-17-19-27-11-9-10-12-28(27)21-26)22-31-34(39)37(29-13-5-3-6-14-29)36(43)38(35(31)40)30-15-7-4-8-16-30/h3-23H,2,24H2,1H3. The van der Waals surface area contributed by atoms with Gasteiger partial charge in [-0.2, -0.15) is 0 Å². The minimum atomic E-state index is -0.497. The molecule has 0 unspecified atom stereocenters. The van der Waals surface area contributed by atoms with Gasteiger partial charge in [0, 0.05) is 0 Å². The largest absolute Gasteiger partial charge is 0.490 e. The number of ether oxygens (including phenoxy) is 2. The predicted molar refractivity (Wildman–Crippen MR) is 174 cm³/mol. The van der Waals surface area contributed by atoms with Crippen molar-refractivity contribution in [3.63, 3.8) is 0 Å². The first-order chi connectivity index (χ1) is 21.0. The Hall–Kier alpha value is -5.27. The van der Waals surface area contributed by atoms with E-state index in [1.165, 1.54) is 15.2 Å². The third kappa shape index (κ3) is 5.76. The summed E-state index contributed by atoms with van der Waals surface area (Å²) in [5, 5.41) is 2.41. The minimum Gasteiger partial charge on any atom is -0.490 e. The molecule has 5 aromatic carbocycles. The van der Waals surface area contributed by atoms with Crippen molar-refractivity contribution in [1.29, 1.82) is 0 Å². The summed E-state index contributed by atoms with van der Waals surface area (Å²) in [6.07, 6.45) is 1.58. The van der Waals surface area contributed by atoms with Gasteiger partial charge in [0.1, 0.15) is 12.2 Å². The van der Waals surface area contributed by atoms with Gasteiger partial charge in [0.2, 0.25) is 0 Å². The number of carbonyl (C=O) groups excluding carboxylic acids is 2. The van der Waals surface area contributed by atoms with Gasteiger partial charge in [-0.25, -0.2) is 0 Å². The highest BCUT2D eigenvalue weighted by Crippen LogP contribution is 2.33. The summed E-state index contributed by atoms with van der Waals surface area (Å²) in [5.74, 6) is 0.0890. The van der Waals surface area contributed by atoms with Crippen LogP contribution in [0.4, 0.5) is 11.4 Å². The lowest BCUT2D eigenvalue weighted by molar-refractivity contribution is -0.120. The summed E-state index contributed by atoms with van der Waals surface area (Å²) in [6, 6.07) is 37.9. The highest BCUT2D eigenvalue weighted by atomic mass is 32.1. The normalized spacial score (nSPS) is 13.4. The molecule has 1 fully saturated rings. The number of benzene rings is 5. The molecule has 7 heteroatoms. The monoisotopic (exact) mass is 584 g/mol. The lowest BCUT2D eigenvalue weighted by Crippen LogP contribution is -2.56. The fourth-order valence-corrected chi connectivity index (χ4v) is 5.37. The van der Waals surface area contributed by atoms with Gasteiger partial charge < -0.3 is 9.47 Å². The van der Waals surface area contributed by atoms with E-state index in [9.17, 15) is 9.59 Å². The lowest BCUT2D eigenvalue weighted by Gasteiger charge is -2.36. The van der Waals surface area contributed by atoms with Crippen LogP contribution in [0, 0.1) is 0 Å². The maximum atomic E-state index is 13.8. The lowest BCUT2D eigenvalue weighted by atomic mass is 10.0. The molecule has 212 valence electrons. The summed E-state index contributed by atoms with van der Waals surface area (Å²) in [7, 11) is 0. The zero-order valence-electron chi connectivity index (χ0n) is 23.5. The zero-order chi connectivity index (χ0) is 29.8. The van der Waals surface area contributed by atoms with E-state index in [0.717, 1.165) is 10.9 Å². The summed E-state index contributed by atoms with van der Waals surface area (Å²) < 4.78 is 12.1. The van der Waals surface area contributed by atoms with Crippen LogP contribution < -0.4 is 19.3 Å². The molecule has 0 N–H and O–H groups in total. The van der Waals surface area contributed by atoms with E-state index in [0.29, 0.717) is 41.7 Å². The van der Waals surface area contributed by atoms with Crippen molar-refractivity contribution >= 4 is 57.4 Å². The van der Waals surface area contributed by atoms with Crippen molar-refractivity contribution in [3.05, 3.63) is 138 Å². The first kappa shape index (κ1) is 27.9. The van der Waals surface area contributed by atoms with Crippen LogP contribution in [0.1, 0.15) is 18.1 Å². The Morgan fingerprint density at radius 1 is 0.651 bits per heavy atom. The van der Waals surface area contributed by atoms with Crippen LogP contribution >= 0.6 is 12.2 Å². The highest BCUT2D eigenvalue weighted by molar-refractivity contribution is 7.81. The first-order valence-corrected chi connectivity index (χ1v) is 14.4. The summed E-state index contributed by atoms with van der Waals surface area (Å²) in [5.41, 5.74) is 2.78. The van der Waals surface area contributed by atoms with Crippen molar-refractivity contribution in [1.82, 2.24) is 0 Å². The number of amides is 2. The maximum Gasteiger partial charge on any atom is 0.270 e. The van der Waals surface area contributed by atoms with Crippen LogP contribution in [0.2, 0.25) is 0 Å². The summed E-state index contributed by atoms with van der Waals surface area (Å²) in [6.45, 7) is 2.67. The molecular formula is C36H28N2O4S. The van der Waals surface area contributed by atoms with E-state index in [1.807, 2.05) is 61.5 Å². The molecule has 43 heavy (non-hydrogen) atoms. The number of para-hydroxylation sites is 2. The number of fused-ring (bicyclic) bond motifs is 1. The van der Waals surface area contributed by atoms with Gasteiger partial charge in [-0.3, -0.25) is 19.4 Å². The summed E-state index contributed by atoms with van der Waals surface area (Å²) >= 11 is 5.70. The van der Waals surface area contributed by atoms with E-state index >= 15 is 0 Å². The van der Waals surface area contributed by atoms with Gasteiger partial charge in [-0.05, 0) is 89.6 Å². The molecule has 2 amide bonds. The van der Waals surface area contributed by atoms with Crippen molar-refractivity contribution in [2.24, 2.45) is 0 Å². The van der Waals surface area contributed by atoms with Crippen molar-refractivity contribution in [2.45, 2.75) is 13.5 Å². The van der Waals surface area contributed by atoms with Gasteiger partial charge in [-0.1, -0.05) is 78.9 Å². The molecule has 0 spiro atoms. The van der Waals surface area contributed by atoms with Crippen LogP contribution in [-0.2, 0) is 16.2 Å². The molecule has 0 aromatic heterocycles. The average molecular weight is 585 g/mol. The van der Waals surface area contributed by atoms with Gasteiger partial charge in [0.15, 0.2) is 16.6 Å². The van der Waals surface area contributed by atoms with Crippen LogP contribution in [-0.4, -0.2) is 23.5 Å². The van der Waals surface area contributed by atoms with Gasteiger partial charge in [0.05, 0.1) is 18.0 Å². The quantitative estimate of drug-likeness (QED) is 0.107. The molecule has 0 aliphatic carbocycles. The maximum absolute atomic E-state index is 13.8. The Morgan fingerprint density at radius 3 is 1.88 bits per heavy atom. The van der Waals surface area contributed by atoms with Crippen molar-refractivity contribution in [3.8, 4) is 11.5 Å². The second kappa shape index (κ2) is 12.3. The highest BCUT2D eigenvalue weighted by Gasteiger charge is 2.41. The molecule has 5 aromatic rings.